The first-order valence-electron chi connectivity index (χ1n) is 6.87. The quantitative estimate of drug-likeness (QED) is 0.858. The highest BCUT2D eigenvalue weighted by molar-refractivity contribution is 5.96. The highest BCUT2D eigenvalue weighted by atomic mass is 16.5. The van der Waals surface area contributed by atoms with Crippen LogP contribution in [0.15, 0.2) is 18.2 Å². The highest BCUT2D eigenvalue weighted by Gasteiger charge is 2.34. The number of benzene rings is 1. The van der Waals surface area contributed by atoms with Gasteiger partial charge >= 0.3 is 0 Å². The lowest BCUT2D eigenvalue weighted by atomic mass is 10.0. The summed E-state index contributed by atoms with van der Waals surface area (Å²) in [5, 5.41) is 0. The molecule has 0 aromatic heterocycles. The molecule has 1 saturated heterocycles. The molecule has 1 aromatic rings. The van der Waals surface area contributed by atoms with Gasteiger partial charge in [-0.25, -0.2) is 0 Å². The number of rotatable bonds is 3. The second kappa shape index (κ2) is 5.71. The third kappa shape index (κ3) is 3.04. The van der Waals surface area contributed by atoms with Gasteiger partial charge in [0, 0.05) is 23.9 Å². The van der Waals surface area contributed by atoms with Gasteiger partial charge in [-0.05, 0) is 32.9 Å². The van der Waals surface area contributed by atoms with Crippen LogP contribution >= 0.6 is 0 Å². The van der Waals surface area contributed by atoms with E-state index in [0.29, 0.717) is 43.4 Å². The fourth-order valence-electron chi connectivity index (χ4n) is 2.39. The number of carbonyl (C=O) groups is 1. The molecule has 1 aliphatic heterocycles. The second-order valence-electron chi connectivity index (χ2n) is 5.55. The molecule has 2 rings (SSSR count). The Labute approximate surface area is 119 Å². The zero-order valence-electron chi connectivity index (χ0n) is 12.3. The molecule has 1 heterocycles. The van der Waals surface area contributed by atoms with Gasteiger partial charge in [0.15, 0.2) is 0 Å². The molecule has 2 N–H and O–H groups in total. The van der Waals surface area contributed by atoms with Crippen molar-refractivity contribution in [2.75, 3.05) is 32.1 Å². The van der Waals surface area contributed by atoms with Crippen LogP contribution in [0, 0.1) is 0 Å². The van der Waals surface area contributed by atoms with Gasteiger partial charge in [-0.1, -0.05) is 0 Å². The Kier molecular flexibility index (Phi) is 4.18. The van der Waals surface area contributed by atoms with Gasteiger partial charge < -0.3 is 20.1 Å². The average Bonchev–Trinajstić information content (AvgIpc) is 2.37. The summed E-state index contributed by atoms with van der Waals surface area (Å²) < 4.78 is 10.9. The van der Waals surface area contributed by atoms with Gasteiger partial charge in [-0.15, -0.1) is 0 Å². The molecule has 1 amide bonds. The molecule has 0 bridgehead atoms. The smallest absolute Gasteiger partial charge is 0.254 e. The Balaban J connectivity index is 2.28. The summed E-state index contributed by atoms with van der Waals surface area (Å²) in [6, 6.07) is 5.16. The zero-order chi connectivity index (χ0) is 14.8. The van der Waals surface area contributed by atoms with E-state index in [9.17, 15) is 4.79 Å². The van der Waals surface area contributed by atoms with E-state index in [1.165, 1.54) is 0 Å². The number of nitrogens with zero attached hydrogens (tertiary/aromatic N) is 1. The van der Waals surface area contributed by atoms with E-state index in [1.807, 2.05) is 25.7 Å². The zero-order valence-corrected chi connectivity index (χ0v) is 12.3. The molecule has 110 valence electrons. The molecule has 0 aliphatic carbocycles. The number of anilines is 1. The van der Waals surface area contributed by atoms with Crippen LogP contribution in [0.2, 0.25) is 0 Å². The van der Waals surface area contributed by atoms with Crippen LogP contribution in [0.25, 0.3) is 0 Å². The first-order valence-corrected chi connectivity index (χ1v) is 6.87. The molecule has 0 spiro atoms. The van der Waals surface area contributed by atoms with Crippen molar-refractivity contribution in [1.29, 1.82) is 0 Å². The van der Waals surface area contributed by atoms with Crippen LogP contribution < -0.4 is 10.5 Å². The maximum Gasteiger partial charge on any atom is 0.254 e. The van der Waals surface area contributed by atoms with Crippen molar-refractivity contribution in [2.24, 2.45) is 0 Å². The number of nitrogen functional groups attached to an aromatic ring is 1. The summed E-state index contributed by atoms with van der Waals surface area (Å²) >= 11 is 0. The third-order valence-electron chi connectivity index (χ3n) is 3.38. The minimum atomic E-state index is -0.314. The van der Waals surface area contributed by atoms with E-state index in [0.717, 1.165) is 0 Å². The summed E-state index contributed by atoms with van der Waals surface area (Å²) in [5.41, 5.74) is 6.63. The lowest BCUT2D eigenvalue weighted by molar-refractivity contribution is -0.0370. The van der Waals surface area contributed by atoms with Crippen molar-refractivity contribution in [3.8, 4) is 5.75 Å². The lowest BCUT2D eigenvalue weighted by Gasteiger charge is -2.42. The monoisotopic (exact) mass is 278 g/mol. The van der Waals surface area contributed by atoms with Gasteiger partial charge in [-0.2, -0.15) is 0 Å². The summed E-state index contributed by atoms with van der Waals surface area (Å²) in [6.45, 7) is 8.13. The van der Waals surface area contributed by atoms with Crippen LogP contribution in [0.5, 0.6) is 5.75 Å². The minimum absolute atomic E-state index is 0.0356. The normalized spacial score (nSPS) is 17.9. The van der Waals surface area contributed by atoms with E-state index < -0.39 is 0 Å². The molecule has 0 unspecified atom stereocenters. The molecule has 1 aromatic carbocycles. The molecule has 5 heteroatoms. The first-order chi connectivity index (χ1) is 9.44. The molecular weight excluding hydrogens is 256 g/mol. The maximum absolute atomic E-state index is 12.7. The van der Waals surface area contributed by atoms with Gasteiger partial charge in [0.1, 0.15) is 5.75 Å². The Morgan fingerprint density at radius 3 is 2.85 bits per heavy atom. The van der Waals surface area contributed by atoms with Gasteiger partial charge in [-0.3, -0.25) is 4.79 Å². The average molecular weight is 278 g/mol. The van der Waals surface area contributed by atoms with E-state index >= 15 is 0 Å². The molecule has 1 fully saturated rings. The minimum Gasteiger partial charge on any atom is -0.494 e. The SMILES string of the molecule is CCOc1cc(N)cc(C(=O)N2CCOCC2(C)C)c1. The second-order valence-corrected chi connectivity index (χ2v) is 5.55. The predicted octanol–water partition coefficient (Wildman–Crippen LogP) is 1.92. The Morgan fingerprint density at radius 1 is 1.45 bits per heavy atom. The third-order valence-corrected chi connectivity index (χ3v) is 3.38. The Hall–Kier alpha value is -1.75. The molecule has 0 atom stereocenters. The lowest BCUT2D eigenvalue weighted by Crippen LogP contribution is -2.55. The Morgan fingerprint density at radius 2 is 2.20 bits per heavy atom. The molecule has 0 saturated carbocycles. The number of carbonyl (C=O) groups excluding carboxylic acids is 1. The number of hydrogen-bond donors (Lipinski definition) is 1. The molecule has 1 aliphatic rings. The number of amides is 1. The van der Waals surface area contributed by atoms with Crippen molar-refractivity contribution in [3.63, 3.8) is 0 Å². The van der Waals surface area contributed by atoms with Crippen molar-refractivity contribution in [1.82, 2.24) is 4.90 Å². The largest absolute Gasteiger partial charge is 0.494 e. The standard InChI is InChI=1S/C15H22N2O3/c1-4-20-13-8-11(7-12(16)9-13)14(18)17-5-6-19-10-15(17,2)3/h7-9H,4-6,10,16H2,1-3H3. The summed E-state index contributed by atoms with van der Waals surface area (Å²) in [7, 11) is 0. The molecule has 20 heavy (non-hydrogen) atoms. The van der Waals surface area contributed by atoms with Crippen molar-refractivity contribution in [2.45, 2.75) is 26.3 Å². The number of nitrogens with two attached hydrogens (primary N) is 1. The molecule has 5 nitrogen and oxygen atoms in total. The number of hydrogen-bond acceptors (Lipinski definition) is 4. The van der Waals surface area contributed by atoms with Crippen LogP contribution in [0.1, 0.15) is 31.1 Å². The topological polar surface area (TPSA) is 64.8 Å². The summed E-state index contributed by atoms with van der Waals surface area (Å²) in [5.74, 6) is 0.591. The summed E-state index contributed by atoms with van der Waals surface area (Å²) in [6.07, 6.45) is 0. The van der Waals surface area contributed by atoms with Gasteiger partial charge in [0.2, 0.25) is 0 Å². The van der Waals surface area contributed by atoms with Crippen molar-refractivity contribution >= 4 is 11.6 Å². The van der Waals surface area contributed by atoms with E-state index in [4.69, 9.17) is 15.2 Å². The molecular formula is C15H22N2O3. The van der Waals surface area contributed by atoms with Crippen LogP contribution in [-0.2, 0) is 4.74 Å². The van der Waals surface area contributed by atoms with E-state index in [1.54, 1.807) is 18.2 Å². The predicted molar refractivity (Wildman–Crippen MR) is 78.0 cm³/mol. The first kappa shape index (κ1) is 14.7. The Bertz CT molecular complexity index is 500. The van der Waals surface area contributed by atoms with Gasteiger partial charge in [0.25, 0.3) is 5.91 Å². The van der Waals surface area contributed by atoms with E-state index in [2.05, 4.69) is 0 Å². The van der Waals surface area contributed by atoms with E-state index in [-0.39, 0.29) is 11.4 Å². The van der Waals surface area contributed by atoms with Crippen molar-refractivity contribution in [3.05, 3.63) is 23.8 Å². The highest BCUT2D eigenvalue weighted by Crippen LogP contribution is 2.25. The van der Waals surface area contributed by atoms with Crippen LogP contribution in [0.3, 0.4) is 0 Å². The number of ether oxygens (including phenoxy) is 2. The van der Waals surface area contributed by atoms with Crippen molar-refractivity contribution < 1.29 is 14.3 Å². The molecule has 0 radical (unpaired) electrons. The van der Waals surface area contributed by atoms with Crippen LogP contribution in [0.4, 0.5) is 5.69 Å². The fraction of sp³-hybridized carbons (Fsp3) is 0.533. The maximum atomic E-state index is 12.7. The number of morpholine rings is 1. The van der Waals surface area contributed by atoms with Gasteiger partial charge in [0.05, 0.1) is 25.4 Å². The fourth-order valence-corrected chi connectivity index (χ4v) is 2.39. The van der Waals surface area contributed by atoms with Crippen LogP contribution in [-0.4, -0.2) is 42.7 Å². The summed E-state index contributed by atoms with van der Waals surface area (Å²) in [4.78, 5) is 14.5.